The fraction of sp³-hybridized carbons (Fsp3) is 0.500. The van der Waals surface area contributed by atoms with Crippen LogP contribution in [0.5, 0.6) is 0 Å². The molecule has 0 amide bonds. The summed E-state index contributed by atoms with van der Waals surface area (Å²) < 4.78 is 0. The molecule has 0 saturated carbocycles. The highest BCUT2D eigenvalue weighted by Gasteiger charge is 2.16. The van der Waals surface area contributed by atoms with Crippen molar-refractivity contribution >= 4 is 17.3 Å². The molecule has 1 heterocycles. The summed E-state index contributed by atoms with van der Waals surface area (Å²) in [6.45, 7) is 2.09. The molecule has 16 heavy (non-hydrogen) atoms. The predicted octanol–water partition coefficient (Wildman–Crippen LogP) is 1.93. The van der Waals surface area contributed by atoms with Crippen LogP contribution in [0.4, 0.5) is 5.69 Å². The van der Waals surface area contributed by atoms with Gasteiger partial charge in [0, 0.05) is 13.1 Å². The Morgan fingerprint density at radius 1 is 1.38 bits per heavy atom. The number of benzene rings is 1. The lowest BCUT2D eigenvalue weighted by Crippen LogP contribution is -2.19. The summed E-state index contributed by atoms with van der Waals surface area (Å²) in [6.07, 6.45) is 2.46. The molecule has 0 spiro atoms. The molecule has 1 saturated heterocycles. The van der Waals surface area contributed by atoms with Crippen LogP contribution in [0.1, 0.15) is 24.4 Å². The van der Waals surface area contributed by atoms with Gasteiger partial charge in [-0.15, -0.1) is 0 Å². The van der Waals surface area contributed by atoms with Crippen LogP contribution >= 0.6 is 11.6 Å². The fourth-order valence-electron chi connectivity index (χ4n) is 2.07. The van der Waals surface area contributed by atoms with Crippen LogP contribution in [0.2, 0.25) is 5.02 Å². The van der Waals surface area contributed by atoms with E-state index in [1.54, 1.807) is 0 Å². The van der Waals surface area contributed by atoms with E-state index in [1.807, 2.05) is 18.2 Å². The molecule has 3 nitrogen and oxygen atoms in total. The molecule has 0 bridgehead atoms. The summed E-state index contributed by atoms with van der Waals surface area (Å²) >= 11 is 6.23. The minimum absolute atomic E-state index is 0.0562. The highest BCUT2D eigenvalue weighted by atomic mass is 35.5. The molecule has 1 fully saturated rings. The molecule has 88 valence electrons. The van der Waals surface area contributed by atoms with Crippen LogP contribution in [0.15, 0.2) is 18.2 Å². The molecule has 0 aromatic heterocycles. The molecule has 1 aliphatic rings. The van der Waals surface area contributed by atoms with Crippen LogP contribution < -0.4 is 10.6 Å². The molecule has 1 aromatic rings. The number of halogens is 1. The zero-order chi connectivity index (χ0) is 11.5. The van der Waals surface area contributed by atoms with E-state index in [0.29, 0.717) is 0 Å². The number of rotatable bonds is 3. The predicted molar refractivity (Wildman–Crippen MR) is 66.9 cm³/mol. The van der Waals surface area contributed by atoms with Gasteiger partial charge in [0.25, 0.3) is 0 Å². The summed E-state index contributed by atoms with van der Waals surface area (Å²) in [5, 5.41) is 9.71. The minimum Gasteiger partial charge on any atom is -0.394 e. The molecular formula is C12H17ClN2O. The van der Waals surface area contributed by atoms with Gasteiger partial charge in [-0.1, -0.05) is 17.7 Å². The number of nitrogens with zero attached hydrogens (tertiary/aromatic N) is 1. The number of hydrogen-bond acceptors (Lipinski definition) is 3. The second-order valence-electron chi connectivity index (χ2n) is 4.19. The van der Waals surface area contributed by atoms with Crippen molar-refractivity contribution in [2.75, 3.05) is 24.6 Å². The van der Waals surface area contributed by atoms with Crippen LogP contribution in [0, 0.1) is 0 Å². The third-order valence-corrected chi connectivity index (χ3v) is 3.35. The first-order valence-corrected chi connectivity index (χ1v) is 6.01. The smallest absolute Gasteiger partial charge is 0.0642 e. The number of hydrogen-bond donors (Lipinski definition) is 2. The Morgan fingerprint density at radius 2 is 2.06 bits per heavy atom. The maximum Gasteiger partial charge on any atom is 0.0642 e. The van der Waals surface area contributed by atoms with Crippen molar-refractivity contribution in [1.29, 1.82) is 0 Å². The van der Waals surface area contributed by atoms with Crippen molar-refractivity contribution in [1.82, 2.24) is 0 Å². The van der Waals surface area contributed by atoms with Gasteiger partial charge in [0.2, 0.25) is 0 Å². The monoisotopic (exact) mass is 240 g/mol. The molecule has 0 aliphatic carbocycles. The Hall–Kier alpha value is -0.770. The number of nitrogens with two attached hydrogens (primary N) is 1. The van der Waals surface area contributed by atoms with Gasteiger partial charge in [-0.05, 0) is 30.5 Å². The summed E-state index contributed by atoms with van der Waals surface area (Å²) in [5.41, 5.74) is 7.71. The van der Waals surface area contributed by atoms with Gasteiger partial charge >= 0.3 is 0 Å². The summed E-state index contributed by atoms with van der Waals surface area (Å²) in [5.74, 6) is 0. The van der Waals surface area contributed by atoms with Crippen LogP contribution in [0.3, 0.4) is 0 Å². The zero-order valence-corrected chi connectivity index (χ0v) is 9.95. The molecule has 1 aromatic carbocycles. The highest BCUT2D eigenvalue weighted by Crippen LogP contribution is 2.30. The van der Waals surface area contributed by atoms with Gasteiger partial charge in [0.15, 0.2) is 0 Å². The summed E-state index contributed by atoms with van der Waals surface area (Å²) in [7, 11) is 0. The quantitative estimate of drug-likeness (QED) is 0.849. The molecule has 1 unspecified atom stereocenters. The van der Waals surface area contributed by atoms with Gasteiger partial charge in [-0.25, -0.2) is 0 Å². The van der Waals surface area contributed by atoms with Crippen molar-refractivity contribution in [3.05, 3.63) is 28.8 Å². The fourth-order valence-corrected chi connectivity index (χ4v) is 2.38. The van der Waals surface area contributed by atoms with E-state index in [0.717, 1.165) is 29.4 Å². The summed E-state index contributed by atoms with van der Waals surface area (Å²) in [4.78, 5) is 2.29. The van der Waals surface area contributed by atoms with E-state index in [-0.39, 0.29) is 12.6 Å². The van der Waals surface area contributed by atoms with Gasteiger partial charge < -0.3 is 15.7 Å². The van der Waals surface area contributed by atoms with Gasteiger partial charge in [-0.2, -0.15) is 0 Å². The standard InChI is InChI=1S/C12H17ClN2O/c13-10-7-9(11(14)8-16)3-4-12(10)15-5-1-2-6-15/h3-4,7,11,16H,1-2,5-6,8,14H2. The van der Waals surface area contributed by atoms with Crippen molar-refractivity contribution in [2.24, 2.45) is 5.73 Å². The average molecular weight is 241 g/mol. The molecular weight excluding hydrogens is 224 g/mol. The molecule has 0 radical (unpaired) electrons. The van der Waals surface area contributed by atoms with E-state index in [4.69, 9.17) is 22.4 Å². The second-order valence-corrected chi connectivity index (χ2v) is 4.60. The Labute approximate surface area is 101 Å². The van der Waals surface area contributed by atoms with Crippen LogP contribution in [0.25, 0.3) is 0 Å². The third-order valence-electron chi connectivity index (χ3n) is 3.04. The van der Waals surface area contributed by atoms with Crippen LogP contribution in [-0.2, 0) is 0 Å². The van der Waals surface area contributed by atoms with E-state index in [9.17, 15) is 0 Å². The minimum atomic E-state index is -0.342. The maximum absolute atomic E-state index is 8.98. The van der Waals surface area contributed by atoms with Crippen molar-refractivity contribution in [3.63, 3.8) is 0 Å². The van der Waals surface area contributed by atoms with Gasteiger partial charge in [-0.3, -0.25) is 0 Å². The average Bonchev–Trinajstić information content (AvgIpc) is 2.81. The molecule has 1 aliphatic heterocycles. The number of anilines is 1. The number of aliphatic hydroxyl groups is 1. The Kier molecular flexibility index (Phi) is 3.69. The SMILES string of the molecule is NC(CO)c1ccc(N2CCCC2)c(Cl)c1. The lowest BCUT2D eigenvalue weighted by atomic mass is 10.1. The Balaban J connectivity index is 2.22. The summed E-state index contributed by atoms with van der Waals surface area (Å²) in [6, 6.07) is 5.46. The lowest BCUT2D eigenvalue weighted by Gasteiger charge is -2.20. The molecule has 3 N–H and O–H groups in total. The van der Waals surface area contributed by atoms with E-state index in [2.05, 4.69) is 4.90 Å². The molecule has 2 rings (SSSR count). The third kappa shape index (κ3) is 2.32. The highest BCUT2D eigenvalue weighted by molar-refractivity contribution is 6.33. The Bertz CT molecular complexity index is 364. The topological polar surface area (TPSA) is 49.5 Å². The first-order valence-electron chi connectivity index (χ1n) is 5.63. The van der Waals surface area contributed by atoms with Gasteiger partial charge in [0.1, 0.15) is 0 Å². The maximum atomic E-state index is 8.98. The van der Waals surface area contributed by atoms with Crippen molar-refractivity contribution in [2.45, 2.75) is 18.9 Å². The van der Waals surface area contributed by atoms with Crippen molar-refractivity contribution in [3.8, 4) is 0 Å². The van der Waals surface area contributed by atoms with E-state index >= 15 is 0 Å². The first-order chi connectivity index (χ1) is 7.72. The van der Waals surface area contributed by atoms with E-state index < -0.39 is 0 Å². The second kappa shape index (κ2) is 5.04. The van der Waals surface area contributed by atoms with Crippen molar-refractivity contribution < 1.29 is 5.11 Å². The number of aliphatic hydroxyl groups excluding tert-OH is 1. The van der Waals surface area contributed by atoms with Crippen LogP contribution in [-0.4, -0.2) is 24.8 Å². The first kappa shape index (κ1) is 11.7. The zero-order valence-electron chi connectivity index (χ0n) is 9.19. The normalized spacial score (nSPS) is 17.8. The largest absolute Gasteiger partial charge is 0.394 e. The van der Waals surface area contributed by atoms with Gasteiger partial charge in [0.05, 0.1) is 23.4 Å². The van der Waals surface area contributed by atoms with E-state index in [1.165, 1.54) is 12.8 Å². The lowest BCUT2D eigenvalue weighted by molar-refractivity contribution is 0.268. The Morgan fingerprint density at radius 3 is 2.62 bits per heavy atom. The molecule has 1 atom stereocenters. The molecule has 4 heteroatoms.